The van der Waals surface area contributed by atoms with Crippen LogP contribution in [0.4, 0.5) is 4.79 Å². The van der Waals surface area contributed by atoms with Crippen molar-refractivity contribution < 1.29 is 33.8 Å². The van der Waals surface area contributed by atoms with E-state index in [4.69, 9.17) is 9.47 Å². The average molecular weight is 617 g/mol. The number of esters is 1. The van der Waals surface area contributed by atoms with Gasteiger partial charge >= 0.3 is 12.1 Å². The van der Waals surface area contributed by atoms with Gasteiger partial charge in [0.1, 0.15) is 19.3 Å². The molecule has 0 aliphatic carbocycles. The van der Waals surface area contributed by atoms with Gasteiger partial charge in [-0.05, 0) is 49.3 Å². The zero-order valence-corrected chi connectivity index (χ0v) is 25.2. The number of H-pyrrole nitrogens is 1. The number of hydrogen-bond acceptors (Lipinski definition) is 7. The molecule has 45 heavy (non-hydrogen) atoms. The first-order valence-corrected chi connectivity index (χ1v) is 15.5. The van der Waals surface area contributed by atoms with Gasteiger partial charge in [-0.15, -0.1) is 0 Å². The zero-order valence-electron chi connectivity index (χ0n) is 25.2. The van der Waals surface area contributed by atoms with Gasteiger partial charge in [-0.25, -0.2) is 9.59 Å². The second kappa shape index (κ2) is 15.4. The molecule has 0 unspecified atom stereocenters. The molecule has 2 aliphatic rings. The number of cyclic esters (lactones) is 1. The number of hydrogen-bond donors (Lipinski definition) is 4. The van der Waals surface area contributed by atoms with E-state index in [1.807, 2.05) is 60.8 Å². The van der Waals surface area contributed by atoms with Crippen LogP contribution in [0.25, 0.3) is 10.9 Å². The second-order valence-corrected chi connectivity index (χ2v) is 11.6. The SMILES string of the molecule is O=C(N[C@@H]1CC=CC[C@H](CC(=O)N2CCC[C@H]2CO)C(=O)N[C@@H](Cc2c[nH]c3ccccc23)COC1=O)OCc1ccccc1. The lowest BCUT2D eigenvalue weighted by atomic mass is 9.97. The minimum absolute atomic E-state index is 0.0141. The number of para-hydroxylation sites is 1. The lowest BCUT2D eigenvalue weighted by molar-refractivity contribution is -0.147. The normalized spacial score (nSPS) is 22.6. The Hall–Kier alpha value is -4.64. The van der Waals surface area contributed by atoms with Crippen molar-refractivity contribution in [1.29, 1.82) is 0 Å². The summed E-state index contributed by atoms with van der Waals surface area (Å²) in [5, 5.41) is 16.3. The van der Waals surface area contributed by atoms with E-state index in [1.165, 1.54) is 0 Å². The Labute approximate surface area is 262 Å². The summed E-state index contributed by atoms with van der Waals surface area (Å²) < 4.78 is 11.0. The number of allylic oxidation sites excluding steroid dienone is 1. The fourth-order valence-corrected chi connectivity index (χ4v) is 5.90. The highest BCUT2D eigenvalue weighted by molar-refractivity contribution is 5.87. The van der Waals surface area contributed by atoms with Gasteiger partial charge in [0, 0.05) is 30.1 Å². The van der Waals surface area contributed by atoms with Crippen LogP contribution < -0.4 is 10.6 Å². The number of nitrogens with zero attached hydrogens (tertiary/aromatic N) is 1. The first-order valence-electron chi connectivity index (χ1n) is 15.5. The number of nitrogens with one attached hydrogen (secondary N) is 3. The molecule has 11 heteroatoms. The summed E-state index contributed by atoms with van der Waals surface area (Å²) in [5.41, 5.74) is 2.69. The number of alkyl carbamates (subject to hydrolysis) is 1. The summed E-state index contributed by atoms with van der Waals surface area (Å²) in [6.45, 7) is 0.362. The lowest BCUT2D eigenvalue weighted by Gasteiger charge is -2.27. The summed E-state index contributed by atoms with van der Waals surface area (Å²) in [6.07, 6.45) is 6.85. The molecule has 0 saturated carbocycles. The second-order valence-electron chi connectivity index (χ2n) is 11.6. The van der Waals surface area contributed by atoms with Crippen LogP contribution in [-0.4, -0.2) is 76.8 Å². The van der Waals surface area contributed by atoms with Gasteiger partial charge in [0.05, 0.1) is 24.6 Å². The highest BCUT2D eigenvalue weighted by Crippen LogP contribution is 2.23. The molecule has 11 nitrogen and oxygen atoms in total. The molecule has 1 aromatic heterocycles. The number of ether oxygens (including phenoxy) is 2. The molecule has 0 spiro atoms. The molecule has 238 valence electrons. The third kappa shape index (κ3) is 8.51. The van der Waals surface area contributed by atoms with E-state index < -0.39 is 30.1 Å². The molecule has 3 amide bonds. The largest absolute Gasteiger partial charge is 0.462 e. The molecule has 1 saturated heterocycles. The van der Waals surface area contributed by atoms with Gasteiger partial charge < -0.3 is 35.1 Å². The Bertz CT molecular complexity index is 1500. The number of aliphatic hydroxyl groups excluding tert-OH is 1. The number of fused-ring (bicyclic) bond motifs is 1. The number of rotatable bonds is 8. The summed E-state index contributed by atoms with van der Waals surface area (Å²) in [7, 11) is 0. The molecule has 1 fully saturated rings. The predicted molar refractivity (Wildman–Crippen MR) is 167 cm³/mol. The van der Waals surface area contributed by atoms with E-state index in [-0.39, 0.29) is 56.9 Å². The highest BCUT2D eigenvalue weighted by atomic mass is 16.6. The van der Waals surface area contributed by atoms with Crippen molar-refractivity contribution in [2.75, 3.05) is 19.8 Å². The molecular formula is C34H40N4O7. The Kier molecular flexibility index (Phi) is 10.9. The highest BCUT2D eigenvalue weighted by Gasteiger charge is 2.32. The smallest absolute Gasteiger partial charge is 0.408 e. The first kappa shape index (κ1) is 31.8. The van der Waals surface area contributed by atoms with Gasteiger partial charge in [0.25, 0.3) is 0 Å². The summed E-state index contributed by atoms with van der Waals surface area (Å²) >= 11 is 0. The van der Waals surface area contributed by atoms with Crippen molar-refractivity contribution in [1.82, 2.24) is 20.5 Å². The molecular weight excluding hydrogens is 576 g/mol. The topological polar surface area (TPSA) is 150 Å². The average Bonchev–Trinajstić information content (AvgIpc) is 3.70. The van der Waals surface area contributed by atoms with Crippen LogP contribution in [0.2, 0.25) is 0 Å². The van der Waals surface area contributed by atoms with E-state index in [9.17, 15) is 24.3 Å². The maximum atomic E-state index is 13.6. The number of carbonyl (C=O) groups is 4. The van der Waals surface area contributed by atoms with Gasteiger partial charge in [0.2, 0.25) is 11.8 Å². The molecule has 0 radical (unpaired) electrons. The van der Waals surface area contributed by atoms with Gasteiger partial charge in [0.15, 0.2) is 0 Å². The zero-order chi connectivity index (χ0) is 31.6. The van der Waals surface area contributed by atoms with E-state index in [0.717, 1.165) is 34.9 Å². The number of carbonyl (C=O) groups excluding carboxylic acids is 4. The number of aliphatic hydroxyl groups is 1. The summed E-state index contributed by atoms with van der Waals surface area (Å²) in [4.78, 5) is 57.6. The van der Waals surface area contributed by atoms with Gasteiger partial charge in [-0.1, -0.05) is 60.7 Å². The molecule has 2 aromatic carbocycles. The van der Waals surface area contributed by atoms with Crippen molar-refractivity contribution >= 4 is 34.8 Å². The van der Waals surface area contributed by atoms with Crippen molar-refractivity contribution in [3.8, 4) is 0 Å². The third-order valence-corrected chi connectivity index (χ3v) is 8.36. The molecule has 3 heterocycles. The van der Waals surface area contributed by atoms with E-state index in [0.29, 0.717) is 13.0 Å². The van der Waals surface area contributed by atoms with Crippen LogP contribution in [0.1, 0.15) is 43.2 Å². The molecule has 4 N–H and O–H groups in total. The van der Waals surface area contributed by atoms with Crippen molar-refractivity contribution in [3.63, 3.8) is 0 Å². The maximum Gasteiger partial charge on any atom is 0.408 e. The van der Waals surface area contributed by atoms with Crippen LogP contribution in [0.15, 0.2) is 72.9 Å². The lowest BCUT2D eigenvalue weighted by Crippen LogP contribution is -2.47. The fourth-order valence-electron chi connectivity index (χ4n) is 5.90. The van der Waals surface area contributed by atoms with Crippen LogP contribution in [-0.2, 0) is 36.9 Å². The van der Waals surface area contributed by atoms with Crippen LogP contribution in [0.5, 0.6) is 0 Å². The molecule has 3 aromatic rings. The number of aromatic amines is 1. The van der Waals surface area contributed by atoms with Gasteiger partial charge in [-0.2, -0.15) is 0 Å². The third-order valence-electron chi connectivity index (χ3n) is 8.36. The molecule has 2 aliphatic heterocycles. The van der Waals surface area contributed by atoms with Crippen molar-refractivity contribution in [2.24, 2.45) is 5.92 Å². The van der Waals surface area contributed by atoms with Gasteiger partial charge in [-0.3, -0.25) is 9.59 Å². The number of likely N-dealkylation sites (tertiary alicyclic amines) is 1. The van der Waals surface area contributed by atoms with E-state index >= 15 is 0 Å². The van der Waals surface area contributed by atoms with Crippen LogP contribution in [0, 0.1) is 5.92 Å². The van der Waals surface area contributed by atoms with Crippen molar-refractivity contribution in [2.45, 2.75) is 63.3 Å². The summed E-state index contributed by atoms with van der Waals surface area (Å²) in [6, 6.07) is 15.2. The molecule has 0 bridgehead atoms. The van der Waals surface area contributed by atoms with E-state index in [2.05, 4.69) is 15.6 Å². The Morgan fingerprint density at radius 2 is 1.82 bits per heavy atom. The van der Waals surface area contributed by atoms with Crippen molar-refractivity contribution in [3.05, 3.63) is 84.1 Å². The summed E-state index contributed by atoms with van der Waals surface area (Å²) in [5.74, 6) is -1.80. The first-order chi connectivity index (χ1) is 21.9. The fraction of sp³-hybridized carbons (Fsp3) is 0.412. The maximum absolute atomic E-state index is 13.6. The van der Waals surface area contributed by atoms with Crippen LogP contribution in [0.3, 0.4) is 0 Å². The standard InChI is InChI=1S/C34H40N4O7/c39-20-27-12-8-16-38(27)31(40)18-24-11-4-6-15-30(37-34(43)45-21-23-9-2-1-3-10-23)33(42)44-22-26(36-32(24)41)17-25-19-35-29-14-7-5-13-28(25)29/h1-7,9-10,13-14,19,24,26-27,30,35,39H,8,11-12,15-18,20-22H2,(H,36,41)(H,37,43)/t24-,26+,27+,30-/m1/s1. The minimum atomic E-state index is -1.01. The minimum Gasteiger partial charge on any atom is -0.462 e. The number of benzene rings is 2. The molecule has 4 atom stereocenters. The quantitative estimate of drug-likeness (QED) is 0.224. The monoisotopic (exact) mass is 616 g/mol. The van der Waals surface area contributed by atoms with E-state index in [1.54, 1.807) is 17.1 Å². The predicted octanol–water partition coefficient (Wildman–Crippen LogP) is 3.37. The Morgan fingerprint density at radius 1 is 1.04 bits per heavy atom. The van der Waals surface area contributed by atoms with Crippen LogP contribution >= 0.6 is 0 Å². The molecule has 5 rings (SSSR count). The number of aromatic nitrogens is 1. The number of amides is 3. The Morgan fingerprint density at radius 3 is 2.64 bits per heavy atom. The Balaban J connectivity index is 1.32.